The van der Waals surface area contributed by atoms with Gasteiger partial charge in [0.15, 0.2) is 0 Å². The van der Waals surface area contributed by atoms with Crippen molar-refractivity contribution >= 4 is 11.8 Å². The van der Waals surface area contributed by atoms with E-state index in [1.807, 2.05) is 93.6 Å². The van der Waals surface area contributed by atoms with E-state index >= 15 is 0 Å². The maximum atomic E-state index is 13.3. The summed E-state index contributed by atoms with van der Waals surface area (Å²) in [7, 11) is 0. The summed E-state index contributed by atoms with van der Waals surface area (Å²) in [6, 6.07) is 29.1. The van der Waals surface area contributed by atoms with Gasteiger partial charge in [0.1, 0.15) is 11.5 Å². The highest BCUT2D eigenvalue weighted by Crippen LogP contribution is 2.17. The molecule has 0 aliphatic heterocycles. The van der Waals surface area contributed by atoms with Gasteiger partial charge in [-0.25, -0.2) is 0 Å². The van der Waals surface area contributed by atoms with E-state index in [4.69, 9.17) is 4.42 Å². The van der Waals surface area contributed by atoms with Crippen molar-refractivity contribution in [1.29, 1.82) is 0 Å². The van der Waals surface area contributed by atoms with Crippen LogP contribution in [0.15, 0.2) is 101 Å². The first-order valence-corrected chi connectivity index (χ1v) is 13.6. The molecule has 1 unspecified atom stereocenters. The van der Waals surface area contributed by atoms with E-state index < -0.39 is 12.1 Å². The fourth-order valence-corrected chi connectivity index (χ4v) is 4.54. The zero-order valence-electron chi connectivity index (χ0n) is 23.1. The second kappa shape index (κ2) is 13.7. The first-order valence-electron chi connectivity index (χ1n) is 13.6. The number of aliphatic hydroxyl groups is 1. The smallest absolute Gasteiger partial charge is 0.251 e. The van der Waals surface area contributed by atoms with Gasteiger partial charge in [-0.2, -0.15) is 0 Å². The summed E-state index contributed by atoms with van der Waals surface area (Å²) >= 11 is 0. The van der Waals surface area contributed by atoms with Gasteiger partial charge in [0.05, 0.1) is 18.2 Å². The Hall–Kier alpha value is -4.20. The zero-order chi connectivity index (χ0) is 28.5. The van der Waals surface area contributed by atoms with Gasteiger partial charge < -0.3 is 25.5 Å². The van der Waals surface area contributed by atoms with Gasteiger partial charge in [0.2, 0.25) is 0 Å². The SMILES string of the molecule is Cc1ccc(C(C)NC(=O)c2cccc(C(=O)N[C@@H](Cc3ccccc3)[C@H](O)CN[C@@H](C)c3ccccc3)c2)o1. The fourth-order valence-electron chi connectivity index (χ4n) is 4.54. The summed E-state index contributed by atoms with van der Waals surface area (Å²) in [6.07, 6.45) is -0.394. The van der Waals surface area contributed by atoms with Crippen LogP contribution in [0.4, 0.5) is 0 Å². The summed E-state index contributed by atoms with van der Waals surface area (Å²) < 4.78 is 5.61. The Morgan fingerprint density at radius 2 is 1.40 bits per heavy atom. The largest absolute Gasteiger partial charge is 0.464 e. The van der Waals surface area contributed by atoms with Gasteiger partial charge in [-0.05, 0) is 68.7 Å². The summed E-state index contributed by atoms with van der Waals surface area (Å²) in [5.41, 5.74) is 2.81. The molecule has 1 heterocycles. The summed E-state index contributed by atoms with van der Waals surface area (Å²) in [5.74, 6) is 0.760. The molecule has 7 heteroatoms. The van der Waals surface area contributed by atoms with Crippen LogP contribution in [-0.4, -0.2) is 35.6 Å². The van der Waals surface area contributed by atoms with Crippen molar-refractivity contribution in [3.8, 4) is 0 Å². The number of hydrogen-bond acceptors (Lipinski definition) is 5. The molecule has 4 rings (SSSR count). The standard InChI is InChI=1S/C33H37N3O4/c1-22-17-18-31(40-22)24(3)35-32(38)27-15-10-16-28(20-27)33(39)36-29(19-25-11-6-4-7-12-25)30(37)21-34-23(2)26-13-8-5-9-14-26/h4-18,20,23-24,29-30,34,37H,19,21H2,1-3H3,(H,35,38)(H,36,39)/t23-,24?,29-,30+/m0/s1. The van der Waals surface area contributed by atoms with E-state index in [1.165, 1.54) is 0 Å². The van der Waals surface area contributed by atoms with Crippen LogP contribution in [0.5, 0.6) is 0 Å². The molecule has 0 spiro atoms. The van der Waals surface area contributed by atoms with Gasteiger partial charge in [-0.3, -0.25) is 9.59 Å². The molecule has 40 heavy (non-hydrogen) atoms. The Morgan fingerprint density at radius 3 is 2.02 bits per heavy atom. The Morgan fingerprint density at radius 1 is 0.775 bits per heavy atom. The van der Waals surface area contributed by atoms with Crippen molar-refractivity contribution < 1.29 is 19.1 Å². The van der Waals surface area contributed by atoms with E-state index in [-0.39, 0.29) is 23.9 Å². The summed E-state index contributed by atoms with van der Waals surface area (Å²) in [5, 5.41) is 20.5. The van der Waals surface area contributed by atoms with Crippen LogP contribution in [0.1, 0.15) is 69.3 Å². The highest BCUT2D eigenvalue weighted by atomic mass is 16.3. The maximum Gasteiger partial charge on any atom is 0.251 e. The van der Waals surface area contributed by atoms with Crippen LogP contribution in [0.2, 0.25) is 0 Å². The number of carbonyl (C=O) groups is 2. The molecule has 1 aromatic heterocycles. The molecule has 0 bridgehead atoms. The predicted molar refractivity (Wildman–Crippen MR) is 156 cm³/mol. The van der Waals surface area contributed by atoms with Crippen molar-refractivity contribution in [3.05, 3.63) is 131 Å². The molecule has 0 saturated heterocycles. The van der Waals surface area contributed by atoms with Crippen LogP contribution < -0.4 is 16.0 Å². The number of aliphatic hydroxyl groups excluding tert-OH is 1. The molecule has 0 fully saturated rings. The fraction of sp³-hybridized carbons (Fsp3) is 0.273. The Bertz CT molecular complexity index is 1390. The Kier molecular flexibility index (Phi) is 9.89. The molecule has 3 aromatic carbocycles. The summed E-state index contributed by atoms with van der Waals surface area (Å²) in [6.45, 7) is 6.02. The quantitative estimate of drug-likeness (QED) is 0.200. The number of furan rings is 1. The molecule has 2 amide bonds. The van der Waals surface area contributed by atoms with Crippen molar-refractivity contribution in [2.75, 3.05) is 6.54 Å². The molecule has 0 saturated carbocycles. The van der Waals surface area contributed by atoms with Gasteiger partial charge in [-0.1, -0.05) is 66.7 Å². The number of hydrogen-bond donors (Lipinski definition) is 4. The van der Waals surface area contributed by atoms with Crippen LogP contribution in [0, 0.1) is 6.92 Å². The number of aryl methyl sites for hydroxylation is 1. The van der Waals surface area contributed by atoms with Crippen LogP contribution in [-0.2, 0) is 6.42 Å². The molecule has 4 N–H and O–H groups in total. The highest BCUT2D eigenvalue weighted by molar-refractivity contribution is 5.99. The minimum absolute atomic E-state index is 0.0339. The van der Waals surface area contributed by atoms with Crippen LogP contribution >= 0.6 is 0 Å². The second-order valence-electron chi connectivity index (χ2n) is 10.1. The van der Waals surface area contributed by atoms with Crippen molar-refractivity contribution in [3.63, 3.8) is 0 Å². The van der Waals surface area contributed by atoms with Crippen LogP contribution in [0.3, 0.4) is 0 Å². The monoisotopic (exact) mass is 539 g/mol. The minimum atomic E-state index is -0.848. The molecular formula is C33H37N3O4. The molecule has 0 aliphatic rings. The first kappa shape index (κ1) is 28.8. The third-order valence-corrected chi connectivity index (χ3v) is 6.93. The van der Waals surface area contributed by atoms with Gasteiger partial charge in [0, 0.05) is 23.7 Å². The van der Waals surface area contributed by atoms with Crippen molar-refractivity contribution in [2.45, 2.75) is 51.4 Å². The lowest BCUT2D eigenvalue weighted by molar-refractivity contribution is 0.0825. The third kappa shape index (κ3) is 7.91. The molecule has 0 aliphatic carbocycles. The van der Waals surface area contributed by atoms with Crippen molar-refractivity contribution in [2.24, 2.45) is 0 Å². The average Bonchev–Trinajstić information content (AvgIpc) is 3.42. The molecule has 208 valence electrons. The lowest BCUT2D eigenvalue weighted by Crippen LogP contribution is -2.49. The average molecular weight is 540 g/mol. The third-order valence-electron chi connectivity index (χ3n) is 6.93. The molecular weight excluding hydrogens is 502 g/mol. The first-order chi connectivity index (χ1) is 19.3. The number of benzene rings is 3. The van der Waals surface area contributed by atoms with E-state index in [1.54, 1.807) is 24.3 Å². The second-order valence-corrected chi connectivity index (χ2v) is 10.1. The predicted octanol–water partition coefficient (Wildman–Crippen LogP) is 5.13. The minimum Gasteiger partial charge on any atom is -0.464 e. The maximum absolute atomic E-state index is 13.3. The number of carbonyl (C=O) groups excluding carboxylic acids is 2. The van der Waals surface area contributed by atoms with Crippen molar-refractivity contribution in [1.82, 2.24) is 16.0 Å². The Labute approximate surface area is 235 Å². The molecule has 0 radical (unpaired) electrons. The lowest BCUT2D eigenvalue weighted by Gasteiger charge is -2.26. The number of amides is 2. The lowest BCUT2D eigenvalue weighted by atomic mass is 9.99. The number of rotatable bonds is 12. The molecule has 7 nitrogen and oxygen atoms in total. The van der Waals surface area contributed by atoms with E-state index in [0.717, 1.165) is 16.9 Å². The number of nitrogens with one attached hydrogen (secondary N) is 3. The zero-order valence-corrected chi connectivity index (χ0v) is 23.1. The van der Waals surface area contributed by atoms with E-state index in [2.05, 4.69) is 16.0 Å². The van der Waals surface area contributed by atoms with E-state index in [0.29, 0.717) is 29.9 Å². The molecule has 4 atom stereocenters. The normalized spacial score (nSPS) is 14.1. The van der Waals surface area contributed by atoms with E-state index in [9.17, 15) is 14.7 Å². The Balaban J connectivity index is 1.44. The van der Waals surface area contributed by atoms with Gasteiger partial charge in [-0.15, -0.1) is 0 Å². The van der Waals surface area contributed by atoms with Crippen LogP contribution in [0.25, 0.3) is 0 Å². The topological polar surface area (TPSA) is 104 Å². The summed E-state index contributed by atoms with van der Waals surface area (Å²) in [4.78, 5) is 26.3. The molecule has 4 aromatic rings. The van der Waals surface area contributed by atoms with Gasteiger partial charge in [0.25, 0.3) is 11.8 Å². The highest BCUT2D eigenvalue weighted by Gasteiger charge is 2.24. The van der Waals surface area contributed by atoms with Gasteiger partial charge >= 0.3 is 0 Å².